The largest absolute Gasteiger partial charge is 0.472 e. The van der Waals surface area contributed by atoms with E-state index in [-0.39, 0.29) is 22.6 Å². The van der Waals surface area contributed by atoms with E-state index >= 15 is 0 Å². The Kier molecular flexibility index (Phi) is 4.98. The molecule has 0 bridgehead atoms. The second-order valence-electron chi connectivity index (χ2n) is 5.36. The number of aromatic nitrogens is 2. The van der Waals surface area contributed by atoms with Gasteiger partial charge in [-0.1, -0.05) is 11.6 Å². The minimum atomic E-state index is -3.76. The maximum atomic E-state index is 13.3. The Bertz CT molecular complexity index is 820. The third-order valence-corrected chi connectivity index (χ3v) is 5.85. The fraction of sp³-hybridized carbons (Fsp3) is 0.333. The quantitative estimate of drug-likeness (QED) is 0.825. The lowest BCUT2D eigenvalue weighted by molar-refractivity contribution is 0.124. The topological polar surface area (TPSA) is 72.4 Å². The van der Waals surface area contributed by atoms with Crippen molar-refractivity contribution in [1.82, 2.24) is 14.3 Å². The molecule has 0 spiro atoms. The van der Waals surface area contributed by atoms with Crippen LogP contribution in [-0.2, 0) is 10.0 Å². The molecule has 0 saturated carbocycles. The van der Waals surface area contributed by atoms with Gasteiger partial charge in [0.05, 0.1) is 22.7 Å². The summed E-state index contributed by atoms with van der Waals surface area (Å²) in [6.45, 7) is 0.561. The van der Waals surface area contributed by atoms with Gasteiger partial charge < -0.3 is 4.74 Å². The van der Waals surface area contributed by atoms with Crippen LogP contribution in [-0.4, -0.2) is 41.9 Å². The first kappa shape index (κ1) is 17.1. The van der Waals surface area contributed by atoms with E-state index in [1.807, 2.05) is 0 Å². The fourth-order valence-electron chi connectivity index (χ4n) is 2.52. The van der Waals surface area contributed by atoms with Crippen LogP contribution in [0.5, 0.6) is 5.88 Å². The Morgan fingerprint density at radius 2 is 2.17 bits per heavy atom. The van der Waals surface area contributed by atoms with E-state index in [0.29, 0.717) is 25.3 Å². The van der Waals surface area contributed by atoms with E-state index < -0.39 is 15.8 Å². The summed E-state index contributed by atoms with van der Waals surface area (Å²) in [7, 11) is -3.76. The molecule has 3 rings (SSSR count). The fourth-order valence-corrected chi connectivity index (χ4v) is 4.31. The van der Waals surface area contributed by atoms with Gasteiger partial charge in [-0.2, -0.15) is 4.31 Å². The molecular weight excluding hydrogens is 357 g/mol. The van der Waals surface area contributed by atoms with E-state index in [9.17, 15) is 12.8 Å². The second-order valence-corrected chi connectivity index (χ2v) is 7.71. The van der Waals surface area contributed by atoms with Gasteiger partial charge in [-0.05, 0) is 31.0 Å². The van der Waals surface area contributed by atoms with Gasteiger partial charge in [0.15, 0.2) is 0 Å². The lowest BCUT2D eigenvalue weighted by Gasteiger charge is -2.31. The minimum Gasteiger partial charge on any atom is -0.472 e. The lowest BCUT2D eigenvalue weighted by Crippen LogP contribution is -2.44. The predicted molar refractivity (Wildman–Crippen MR) is 85.9 cm³/mol. The lowest BCUT2D eigenvalue weighted by atomic mass is 10.1. The van der Waals surface area contributed by atoms with Crippen molar-refractivity contribution in [2.75, 3.05) is 13.1 Å². The van der Waals surface area contributed by atoms with Gasteiger partial charge in [0.1, 0.15) is 11.9 Å². The van der Waals surface area contributed by atoms with E-state index in [2.05, 4.69) is 9.97 Å². The highest BCUT2D eigenvalue weighted by molar-refractivity contribution is 7.89. The molecule has 1 aromatic carbocycles. The van der Waals surface area contributed by atoms with Gasteiger partial charge in [-0.25, -0.2) is 17.8 Å². The zero-order valence-corrected chi connectivity index (χ0v) is 14.2. The number of benzene rings is 1. The second kappa shape index (κ2) is 7.00. The van der Waals surface area contributed by atoms with Gasteiger partial charge in [0.25, 0.3) is 0 Å². The van der Waals surface area contributed by atoms with Crippen molar-refractivity contribution in [2.45, 2.75) is 23.8 Å². The van der Waals surface area contributed by atoms with Crippen molar-refractivity contribution in [3.05, 3.63) is 47.6 Å². The Morgan fingerprint density at radius 1 is 1.33 bits per heavy atom. The summed E-state index contributed by atoms with van der Waals surface area (Å²) in [6.07, 6.45) is 5.57. The Balaban J connectivity index is 1.77. The molecule has 24 heavy (non-hydrogen) atoms. The summed E-state index contributed by atoms with van der Waals surface area (Å²) in [5.41, 5.74) is 0. The third-order valence-electron chi connectivity index (χ3n) is 3.70. The standard InChI is InChI=1S/C15H15ClFN3O3S/c16-13-8-12(3-4-14(13)17)24(21,22)20-7-1-2-11(10-20)23-15-9-18-5-6-19-15/h3-6,8-9,11H,1-2,7,10H2. The first-order chi connectivity index (χ1) is 11.5. The van der Waals surface area contributed by atoms with Crippen molar-refractivity contribution < 1.29 is 17.5 Å². The molecule has 1 atom stereocenters. The number of ether oxygens (including phenoxy) is 1. The van der Waals surface area contributed by atoms with Crippen molar-refractivity contribution in [2.24, 2.45) is 0 Å². The van der Waals surface area contributed by atoms with Crippen molar-refractivity contribution in [3.8, 4) is 5.88 Å². The maximum absolute atomic E-state index is 13.3. The molecule has 9 heteroatoms. The summed E-state index contributed by atoms with van der Waals surface area (Å²) in [6, 6.07) is 3.38. The van der Waals surface area contributed by atoms with Crippen LogP contribution < -0.4 is 4.74 Å². The molecule has 1 unspecified atom stereocenters. The summed E-state index contributed by atoms with van der Waals surface area (Å²) < 4.78 is 45.7. The van der Waals surface area contributed by atoms with Gasteiger partial charge in [-0.3, -0.25) is 4.98 Å². The van der Waals surface area contributed by atoms with Crippen LogP contribution >= 0.6 is 11.6 Å². The average Bonchev–Trinajstić information content (AvgIpc) is 2.58. The summed E-state index contributed by atoms with van der Waals surface area (Å²) in [4.78, 5) is 7.91. The van der Waals surface area contributed by atoms with E-state index in [0.717, 1.165) is 12.1 Å². The molecule has 128 valence electrons. The first-order valence-corrected chi connectivity index (χ1v) is 9.16. The number of nitrogens with zero attached hydrogens (tertiary/aromatic N) is 3. The molecule has 2 aromatic rings. The number of hydrogen-bond donors (Lipinski definition) is 0. The number of halogens is 2. The van der Waals surface area contributed by atoms with Crippen LogP contribution in [0.4, 0.5) is 4.39 Å². The minimum absolute atomic E-state index is 0.0333. The smallest absolute Gasteiger partial charge is 0.243 e. The number of rotatable bonds is 4. The van der Waals surface area contributed by atoms with Crippen molar-refractivity contribution in [3.63, 3.8) is 0 Å². The molecule has 0 radical (unpaired) electrons. The number of sulfonamides is 1. The molecule has 0 N–H and O–H groups in total. The normalized spacial score (nSPS) is 19.2. The first-order valence-electron chi connectivity index (χ1n) is 7.35. The molecule has 1 fully saturated rings. The van der Waals surface area contributed by atoms with Crippen LogP contribution in [0.2, 0.25) is 5.02 Å². The molecule has 1 aromatic heterocycles. The van der Waals surface area contributed by atoms with Crippen LogP contribution in [0.25, 0.3) is 0 Å². The number of hydrogen-bond acceptors (Lipinski definition) is 5. The summed E-state index contributed by atoms with van der Waals surface area (Å²) >= 11 is 5.70. The average molecular weight is 372 g/mol. The highest BCUT2D eigenvalue weighted by Gasteiger charge is 2.31. The zero-order chi connectivity index (χ0) is 17.2. The van der Waals surface area contributed by atoms with Crippen LogP contribution in [0.1, 0.15) is 12.8 Å². The van der Waals surface area contributed by atoms with E-state index in [4.69, 9.17) is 16.3 Å². The SMILES string of the molecule is O=S(=O)(c1ccc(F)c(Cl)c1)N1CCCC(Oc2cnccn2)C1. The molecule has 2 heterocycles. The van der Waals surface area contributed by atoms with Crippen LogP contribution in [0.3, 0.4) is 0 Å². The highest BCUT2D eigenvalue weighted by Crippen LogP contribution is 2.25. The van der Waals surface area contributed by atoms with Gasteiger partial charge in [0, 0.05) is 18.9 Å². The third kappa shape index (κ3) is 3.66. The summed E-state index contributed by atoms with van der Waals surface area (Å²) in [5, 5.41) is -0.222. The monoisotopic (exact) mass is 371 g/mol. The molecular formula is C15H15ClFN3O3S. The molecule has 6 nitrogen and oxygen atoms in total. The van der Waals surface area contributed by atoms with E-state index in [1.165, 1.54) is 29.0 Å². The van der Waals surface area contributed by atoms with E-state index in [1.54, 1.807) is 0 Å². The Labute approximate surface area is 144 Å². The van der Waals surface area contributed by atoms with Gasteiger partial charge >= 0.3 is 0 Å². The highest BCUT2D eigenvalue weighted by atomic mass is 35.5. The Hall–Kier alpha value is -1.77. The zero-order valence-electron chi connectivity index (χ0n) is 12.6. The molecule has 1 aliphatic heterocycles. The Morgan fingerprint density at radius 3 is 2.88 bits per heavy atom. The summed E-state index contributed by atoms with van der Waals surface area (Å²) in [5.74, 6) is -0.301. The maximum Gasteiger partial charge on any atom is 0.243 e. The molecule has 0 amide bonds. The van der Waals surface area contributed by atoms with Gasteiger partial charge in [-0.15, -0.1) is 0 Å². The van der Waals surface area contributed by atoms with Crippen molar-refractivity contribution in [1.29, 1.82) is 0 Å². The predicted octanol–water partition coefficient (Wildman–Crippen LogP) is 2.50. The van der Waals surface area contributed by atoms with Gasteiger partial charge in [0.2, 0.25) is 15.9 Å². The van der Waals surface area contributed by atoms with Crippen LogP contribution in [0, 0.1) is 5.82 Å². The number of piperidine rings is 1. The molecule has 1 aliphatic rings. The molecule has 0 aliphatic carbocycles. The molecule has 1 saturated heterocycles. The van der Waals surface area contributed by atoms with Crippen LogP contribution in [0.15, 0.2) is 41.7 Å². The van der Waals surface area contributed by atoms with Crippen molar-refractivity contribution >= 4 is 21.6 Å².